The van der Waals surface area contributed by atoms with Crippen LogP contribution in [0.15, 0.2) is 12.4 Å². The zero-order valence-electron chi connectivity index (χ0n) is 7.14. The molecular weight excluding hydrogens is 215 g/mol. The maximum atomic E-state index is 10.4. The molecule has 7 heteroatoms. The van der Waals surface area contributed by atoms with Gasteiger partial charge in [-0.25, -0.2) is 9.97 Å². The third-order valence-electron chi connectivity index (χ3n) is 1.42. The molecule has 1 aromatic rings. The van der Waals surface area contributed by atoms with Crippen molar-refractivity contribution in [2.45, 2.75) is 13.3 Å². The molecule has 0 bridgehead atoms. The second kappa shape index (κ2) is 5.77. The minimum absolute atomic E-state index is 0. The summed E-state index contributed by atoms with van der Waals surface area (Å²) in [5.74, 6) is 0.0824. The van der Waals surface area contributed by atoms with Crippen molar-refractivity contribution in [1.29, 1.82) is 0 Å². The van der Waals surface area contributed by atoms with Crippen molar-refractivity contribution in [2.75, 3.05) is 5.75 Å². The molecule has 0 radical (unpaired) electrons. The number of hydrogen-bond donors (Lipinski definition) is 1. The molecule has 0 unspecified atom stereocenters. The summed E-state index contributed by atoms with van der Waals surface area (Å²) >= 11 is 0. The van der Waals surface area contributed by atoms with Crippen molar-refractivity contribution in [3.8, 4) is 0 Å². The number of rotatable bonds is 3. The fourth-order valence-corrected chi connectivity index (χ4v) is 1.21. The SMILES string of the molecule is Cc1cnc(CCS(=O)(=O)O)nc1.[NaH]. The first kappa shape index (κ1) is 14.0. The first-order chi connectivity index (χ1) is 5.97. The van der Waals surface area contributed by atoms with E-state index in [1.54, 1.807) is 12.4 Å². The van der Waals surface area contributed by atoms with Crippen LogP contribution in [0.3, 0.4) is 0 Å². The van der Waals surface area contributed by atoms with Crippen molar-refractivity contribution >= 4 is 39.7 Å². The molecule has 0 spiro atoms. The Morgan fingerprint density at radius 1 is 1.36 bits per heavy atom. The number of nitrogens with zero attached hydrogens (tertiary/aromatic N) is 2. The molecule has 0 aliphatic heterocycles. The van der Waals surface area contributed by atoms with Crippen LogP contribution in [0.5, 0.6) is 0 Å². The second-order valence-electron chi connectivity index (χ2n) is 2.71. The standard InChI is InChI=1S/C7H10N2O3S.Na.H/c1-6-4-8-7(9-5-6)2-3-13(10,11)12;;/h4-5H,2-3H2,1H3,(H,10,11,12);;. The first-order valence-corrected chi connectivity index (χ1v) is 5.31. The van der Waals surface area contributed by atoms with Crippen molar-refractivity contribution in [3.05, 3.63) is 23.8 Å². The van der Waals surface area contributed by atoms with Gasteiger partial charge in [0.05, 0.1) is 5.75 Å². The maximum absolute atomic E-state index is 10.4. The van der Waals surface area contributed by atoms with E-state index >= 15 is 0 Å². The van der Waals surface area contributed by atoms with Gasteiger partial charge in [0, 0.05) is 18.8 Å². The van der Waals surface area contributed by atoms with Gasteiger partial charge in [-0.2, -0.15) is 8.42 Å². The fraction of sp³-hybridized carbons (Fsp3) is 0.429. The average molecular weight is 226 g/mol. The van der Waals surface area contributed by atoms with Gasteiger partial charge in [-0.1, -0.05) is 0 Å². The van der Waals surface area contributed by atoms with E-state index in [2.05, 4.69) is 9.97 Å². The predicted octanol–water partition coefficient (Wildman–Crippen LogP) is -0.433. The van der Waals surface area contributed by atoms with Gasteiger partial charge in [-0.3, -0.25) is 4.55 Å². The molecule has 5 nitrogen and oxygen atoms in total. The van der Waals surface area contributed by atoms with Crippen molar-refractivity contribution in [2.24, 2.45) is 0 Å². The first-order valence-electron chi connectivity index (χ1n) is 3.70. The van der Waals surface area contributed by atoms with E-state index in [0.717, 1.165) is 5.56 Å². The Morgan fingerprint density at radius 3 is 2.29 bits per heavy atom. The second-order valence-corrected chi connectivity index (χ2v) is 4.28. The quantitative estimate of drug-likeness (QED) is 0.558. The Bertz CT molecular complexity index is 376. The van der Waals surface area contributed by atoms with Gasteiger partial charge < -0.3 is 0 Å². The molecule has 0 saturated carbocycles. The molecule has 1 aromatic heterocycles. The van der Waals surface area contributed by atoms with Gasteiger partial charge in [0.2, 0.25) is 0 Å². The Kier molecular flexibility index (Phi) is 5.77. The summed E-state index contributed by atoms with van der Waals surface area (Å²) in [7, 11) is -3.91. The molecule has 1 N–H and O–H groups in total. The summed E-state index contributed by atoms with van der Waals surface area (Å²) in [5.41, 5.74) is 0.913. The van der Waals surface area contributed by atoms with Gasteiger partial charge in [0.25, 0.3) is 10.1 Å². The molecular formula is C7H11N2NaO3S. The third-order valence-corrected chi connectivity index (χ3v) is 2.14. The summed E-state index contributed by atoms with van der Waals surface area (Å²) < 4.78 is 29.2. The molecule has 0 saturated heterocycles. The Balaban J connectivity index is 0.00000169. The van der Waals surface area contributed by atoms with Gasteiger partial charge in [0.1, 0.15) is 5.82 Å². The van der Waals surface area contributed by atoms with E-state index in [0.29, 0.717) is 5.82 Å². The summed E-state index contributed by atoms with van der Waals surface area (Å²) in [4.78, 5) is 7.79. The molecule has 0 amide bonds. The third kappa shape index (κ3) is 5.66. The topological polar surface area (TPSA) is 80.2 Å². The molecule has 0 aliphatic carbocycles. The predicted molar refractivity (Wildman–Crippen MR) is 54.0 cm³/mol. The molecule has 0 aliphatic rings. The Labute approximate surface area is 105 Å². The number of hydrogen-bond acceptors (Lipinski definition) is 4. The average Bonchev–Trinajstić information content (AvgIpc) is 2.02. The van der Waals surface area contributed by atoms with Gasteiger partial charge >= 0.3 is 29.6 Å². The Morgan fingerprint density at radius 2 is 1.86 bits per heavy atom. The van der Waals surface area contributed by atoms with Crippen molar-refractivity contribution in [1.82, 2.24) is 9.97 Å². The monoisotopic (exact) mass is 226 g/mol. The zero-order valence-corrected chi connectivity index (χ0v) is 7.95. The van der Waals surface area contributed by atoms with Crippen LogP contribution in [0, 0.1) is 6.92 Å². The number of aromatic nitrogens is 2. The zero-order chi connectivity index (χ0) is 9.90. The van der Waals surface area contributed by atoms with Gasteiger partial charge in [-0.15, -0.1) is 0 Å². The molecule has 74 valence electrons. The van der Waals surface area contributed by atoms with E-state index in [9.17, 15) is 8.42 Å². The van der Waals surface area contributed by atoms with Crippen LogP contribution >= 0.6 is 0 Å². The normalized spacial score (nSPS) is 10.7. The van der Waals surface area contributed by atoms with Crippen molar-refractivity contribution < 1.29 is 13.0 Å². The molecule has 0 fully saturated rings. The Hall–Kier alpha value is -0.0100. The van der Waals surface area contributed by atoms with Crippen LogP contribution in [-0.2, 0) is 16.5 Å². The van der Waals surface area contributed by atoms with Crippen LogP contribution in [0.2, 0.25) is 0 Å². The van der Waals surface area contributed by atoms with Crippen LogP contribution in [-0.4, -0.2) is 58.2 Å². The summed E-state index contributed by atoms with van der Waals surface area (Å²) in [6.45, 7) is 1.84. The van der Waals surface area contributed by atoms with E-state index in [1.807, 2.05) is 6.92 Å². The number of aryl methyl sites for hydroxylation is 2. The summed E-state index contributed by atoms with van der Waals surface area (Å²) in [6, 6.07) is 0. The van der Waals surface area contributed by atoms with Crippen molar-refractivity contribution in [3.63, 3.8) is 0 Å². The van der Waals surface area contributed by atoms with E-state index in [4.69, 9.17) is 4.55 Å². The van der Waals surface area contributed by atoms with E-state index < -0.39 is 10.1 Å². The molecule has 0 aromatic carbocycles. The summed E-state index contributed by atoms with van der Waals surface area (Å²) in [5, 5.41) is 0. The molecule has 0 atom stereocenters. The minimum atomic E-state index is -3.91. The van der Waals surface area contributed by atoms with Crippen LogP contribution in [0.4, 0.5) is 0 Å². The molecule has 1 heterocycles. The summed E-state index contributed by atoms with van der Waals surface area (Å²) in [6.07, 6.45) is 3.35. The van der Waals surface area contributed by atoms with Crippen LogP contribution in [0.1, 0.15) is 11.4 Å². The van der Waals surface area contributed by atoms with Gasteiger partial charge in [-0.05, 0) is 12.5 Å². The van der Waals surface area contributed by atoms with E-state index in [1.165, 1.54) is 0 Å². The van der Waals surface area contributed by atoms with Crippen LogP contribution < -0.4 is 0 Å². The van der Waals surface area contributed by atoms with E-state index in [-0.39, 0.29) is 41.7 Å². The fourth-order valence-electron chi connectivity index (χ4n) is 0.769. The molecule has 1 rings (SSSR count). The van der Waals surface area contributed by atoms with Crippen LogP contribution in [0.25, 0.3) is 0 Å². The molecule has 14 heavy (non-hydrogen) atoms. The van der Waals surface area contributed by atoms with Gasteiger partial charge in [0.15, 0.2) is 0 Å².